The van der Waals surface area contributed by atoms with Gasteiger partial charge in [-0.1, -0.05) is 13.8 Å². The van der Waals surface area contributed by atoms with Gasteiger partial charge in [0.15, 0.2) is 0 Å². The van der Waals surface area contributed by atoms with Gasteiger partial charge >= 0.3 is 5.97 Å². The first kappa shape index (κ1) is 31.5. The van der Waals surface area contributed by atoms with Crippen LogP contribution in [-0.4, -0.2) is 75.4 Å². The number of carbonyl (C=O) groups is 5. The number of H-pyrrole nitrogens is 1. The number of nitrogens with one attached hydrogen (secondary N) is 4. The number of carboxylic acids is 1. The first-order valence-corrected chi connectivity index (χ1v) is 12.3. The molecule has 0 bridgehead atoms. The van der Waals surface area contributed by atoms with Crippen LogP contribution in [0, 0.1) is 5.92 Å². The van der Waals surface area contributed by atoms with Gasteiger partial charge in [0, 0.05) is 24.7 Å². The molecule has 0 aliphatic carbocycles. The van der Waals surface area contributed by atoms with E-state index in [1.165, 1.54) is 12.5 Å². The van der Waals surface area contributed by atoms with Gasteiger partial charge in [-0.15, -0.1) is 0 Å². The number of carbonyl (C=O) groups excluding carboxylic acids is 4. The van der Waals surface area contributed by atoms with Crippen LogP contribution in [-0.2, 0) is 30.4 Å². The molecule has 4 atom stereocenters. The number of hydrogen-bond donors (Lipinski definition) is 8. The van der Waals surface area contributed by atoms with E-state index in [1.54, 1.807) is 0 Å². The molecule has 1 aromatic heterocycles. The number of nitrogens with two attached hydrogens (primary N) is 3. The van der Waals surface area contributed by atoms with E-state index in [-0.39, 0.29) is 31.6 Å². The van der Waals surface area contributed by atoms with E-state index >= 15 is 0 Å². The van der Waals surface area contributed by atoms with E-state index < -0.39 is 53.8 Å². The number of unbranched alkanes of at least 4 members (excludes halogenated alkanes) is 1. The number of rotatable bonds is 18. The van der Waals surface area contributed by atoms with Crippen LogP contribution < -0.4 is 33.2 Å². The number of aromatic nitrogens is 2. The number of hydrogen-bond acceptors (Lipinski definition) is 8. The Balaban J connectivity index is 3.06. The van der Waals surface area contributed by atoms with Gasteiger partial charge < -0.3 is 43.2 Å². The molecule has 0 aliphatic rings. The molecular formula is C23H40N8O6. The van der Waals surface area contributed by atoms with Crippen molar-refractivity contribution in [2.75, 3.05) is 6.54 Å². The zero-order valence-electron chi connectivity index (χ0n) is 21.4. The number of aromatic amines is 1. The van der Waals surface area contributed by atoms with Gasteiger partial charge in [-0.2, -0.15) is 0 Å². The van der Waals surface area contributed by atoms with Crippen LogP contribution in [0.5, 0.6) is 0 Å². The van der Waals surface area contributed by atoms with Crippen molar-refractivity contribution in [3.05, 3.63) is 18.2 Å². The summed E-state index contributed by atoms with van der Waals surface area (Å²) in [7, 11) is 0. The molecule has 0 aliphatic heterocycles. The van der Waals surface area contributed by atoms with Gasteiger partial charge in [0.2, 0.25) is 23.6 Å². The fraction of sp³-hybridized carbons (Fsp3) is 0.652. The molecule has 0 unspecified atom stereocenters. The largest absolute Gasteiger partial charge is 0.480 e. The lowest BCUT2D eigenvalue weighted by Crippen LogP contribution is -2.57. The first-order valence-electron chi connectivity index (χ1n) is 12.3. The maximum absolute atomic E-state index is 13.2. The van der Waals surface area contributed by atoms with Gasteiger partial charge in [-0.25, -0.2) is 9.78 Å². The molecule has 208 valence electrons. The number of imidazole rings is 1. The smallest absolute Gasteiger partial charge is 0.326 e. The Bertz CT molecular complexity index is 892. The molecule has 0 radical (unpaired) electrons. The lowest BCUT2D eigenvalue weighted by molar-refractivity contribution is -0.142. The number of nitrogens with zero attached hydrogens (tertiary/aromatic N) is 1. The standard InChI is InChI=1S/C23H40N8O6/c1-13(2)9-15(25)20(33)29-16(6-7-19(26)32)21(34)31-18(10-14-11-27-12-28-14)22(35)30-17(23(36)37)5-3-4-8-24/h11-13,15-18H,3-10,24-25H2,1-2H3,(H2,26,32)(H,27,28)(H,29,33)(H,30,35)(H,31,34)(H,36,37)/t15-,16-,17-,18-/m0/s1. The van der Waals surface area contributed by atoms with Crippen molar-refractivity contribution < 1.29 is 29.1 Å². The third-order valence-electron chi connectivity index (χ3n) is 5.55. The van der Waals surface area contributed by atoms with E-state index in [0.29, 0.717) is 31.5 Å². The SMILES string of the molecule is CC(C)C[C@H](N)C(=O)N[C@@H](CCC(N)=O)C(=O)N[C@@H](Cc1cnc[nH]1)C(=O)N[C@@H](CCCCN)C(=O)O. The average Bonchev–Trinajstić information content (AvgIpc) is 3.32. The molecule has 0 saturated carbocycles. The minimum atomic E-state index is -1.22. The molecule has 1 aromatic rings. The number of carboxylic acid groups (broad SMARTS) is 1. The first-order chi connectivity index (χ1) is 17.4. The summed E-state index contributed by atoms with van der Waals surface area (Å²) in [5, 5.41) is 17.1. The van der Waals surface area contributed by atoms with Crippen LogP contribution in [0.15, 0.2) is 12.5 Å². The fourth-order valence-corrected chi connectivity index (χ4v) is 3.57. The molecule has 0 aromatic carbocycles. The lowest BCUT2D eigenvalue weighted by Gasteiger charge is -2.25. The van der Waals surface area contributed by atoms with Crippen molar-refractivity contribution in [3.8, 4) is 0 Å². The fourth-order valence-electron chi connectivity index (χ4n) is 3.57. The van der Waals surface area contributed by atoms with Gasteiger partial charge in [-0.3, -0.25) is 19.2 Å². The molecule has 4 amide bonds. The zero-order chi connectivity index (χ0) is 28.0. The third-order valence-corrected chi connectivity index (χ3v) is 5.55. The van der Waals surface area contributed by atoms with Crippen molar-refractivity contribution >= 4 is 29.6 Å². The van der Waals surface area contributed by atoms with Gasteiger partial charge in [0.1, 0.15) is 18.1 Å². The Labute approximate surface area is 215 Å². The molecule has 14 heteroatoms. The highest BCUT2D eigenvalue weighted by molar-refractivity contribution is 5.94. The molecular weight excluding hydrogens is 484 g/mol. The molecule has 1 rings (SSSR count). The van der Waals surface area contributed by atoms with Crippen LogP contribution in [0.2, 0.25) is 0 Å². The second-order valence-corrected chi connectivity index (χ2v) is 9.33. The van der Waals surface area contributed by atoms with Crippen molar-refractivity contribution in [2.24, 2.45) is 23.1 Å². The molecule has 0 saturated heterocycles. The average molecular weight is 525 g/mol. The quantitative estimate of drug-likeness (QED) is 0.101. The van der Waals surface area contributed by atoms with Crippen LogP contribution in [0.25, 0.3) is 0 Å². The van der Waals surface area contributed by atoms with Gasteiger partial charge in [0.05, 0.1) is 12.4 Å². The maximum atomic E-state index is 13.2. The Morgan fingerprint density at radius 3 is 2.14 bits per heavy atom. The summed E-state index contributed by atoms with van der Waals surface area (Å²) < 4.78 is 0. The second kappa shape index (κ2) is 16.3. The summed E-state index contributed by atoms with van der Waals surface area (Å²) in [6.45, 7) is 4.17. The van der Waals surface area contributed by atoms with Crippen molar-refractivity contribution in [3.63, 3.8) is 0 Å². The minimum Gasteiger partial charge on any atom is -0.480 e. The van der Waals surface area contributed by atoms with E-state index in [1.807, 2.05) is 13.8 Å². The molecule has 37 heavy (non-hydrogen) atoms. The van der Waals surface area contributed by atoms with Crippen molar-refractivity contribution in [1.29, 1.82) is 0 Å². The summed E-state index contributed by atoms with van der Waals surface area (Å²) in [6.07, 6.45) is 4.13. The number of aliphatic carboxylic acids is 1. The zero-order valence-corrected chi connectivity index (χ0v) is 21.4. The molecule has 1 heterocycles. The van der Waals surface area contributed by atoms with Gasteiger partial charge in [-0.05, 0) is 44.6 Å². The summed E-state index contributed by atoms with van der Waals surface area (Å²) in [5.74, 6) is -3.83. The summed E-state index contributed by atoms with van der Waals surface area (Å²) in [4.78, 5) is 68.5. The summed E-state index contributed by atoms with van der Waals surface area (Å²) >= 11 is 0. The molecule has 0 fully saturated rings. The summed E-state index contributed by atoms with van der Waals surface area (Å²) in [5.41, 5.74) is 17.1. The molecule has 14 nitrogen and oxygen atoms in total. The highest BCUT2D eigenvalue weighted by atomic mass is 16.4. The highest BCUT2D eigenvalue weighted by Crippen LogP contribution is 2.07. The topological polar surface area (TPSA) is 248 Å². The monoisotopic (exact) mass is 524 g/mol. The van der Waals surface area contributed by atoms with Crippen LogP contribution in [0.4, 0.5) is 0 Å². The number of amides is 4. The van der Waals surface area contributed by atoms with E-state index in [4.69, 9.17) is 17.2 Å². The molecule has 11 N–H and O–H groups in total. The highest BCUT2D eigenvalue weighted by Gasteiger charge is 2.31. The van der Waals surface area contributed by atoms with E-state index in [2.05, 4.69) is 25.9 Å². The van der Waals surface area contributed by atoms with Crippen LogP contribution in [0.1, 0.15) is 58.1 Å². The predicted octanol–water partition coefficient (Wildman–Crippen LogP) is -1.74. The Kier molecular flexibility index (Phi) is 13.9. The van der Waals surface area contributed by atoms with Crippen molar-refractivity contribution in [2.45, 2.75) is 83.0 Å². The summed E-state index contributed by atoms with van der Waals surface area (Å²) in [6, 6.07) is -4.46. The second-order valence-electron chi connectivity index (χ2n) is 9.33. The minimum absolute atomic E-state index is 0.0317. The maximum Gasteiger partial charge on any atom is 0.326 e. The Morgan fingerprint density at radius 1 is 0.973 bits per heavy atom. The third kappa shape index (κ3) is 12.3. The lowest BCUT2D eigenvalue weighted by atomic mass is 10.0. The Morgan fingerprint density at radius 2 is 1.59 bits per heavy atom. The van der Waals surface area contributed by atoms with Crippen LogP contribution >= 0.6 is 0 Å². The van der Waals surface area contributed by atoms with E-state index in [0.717, 1.165) is 0 Å². The predicted molar refractivity (Wildman–Crippen MR) is 134 cm³/mol. The number of primary amides is 1. The van der Waals surface area contributed by atoms with Crippen molar-refractivity contribution in [1.82, 2.24) is 25.9 Å². The van der Waals surface area contributed by atoms with Crippen LogP contribution in [0.3, 0.4) is 0 Å². The van der Waals surface area contributed by atoms with Gasteiger partial charge in [0.25, 0.3) is 0 Å². The molecule has 0 spiro atoms. The van der Waals surface area contributed by atoms with E-state index in [9.17, 15) is 29.1 Å². The normalized spacial score (nSPS) is 14.3. The Hall–Kier alpha value is -3.52.